The second-order valence-corrected chi connectivity index (χ2v) is 6.61. The number of carbonyl (C=O) groups is 1. The highest BCUT2D eigenvalue weighted by Gasteiger charge is 2.19. The molecule has 0 aromatic heterocycles. The molecule has 0 fully saturated rings. The van der Waals surface area contributed by atoms with Gasteiger partial charge in [-0.15, -0.1) is 0 Å². The molecule has 2 aromatic carbocycles. The maximum Gasteiger partial charge on any atom is 0.270 e. The molecule has 0 saturated heterocycles. The summed E-state index contributed by atoms with van der Waals surface area (Å²) in [5.41, 5.74) is 2.26. The molecule has 2 aromatic rings. The molecule has 26 heavy (non-hydrogen) atoms. The molecule has 0 saturated carbocycles. The molecule has 2 rings (SSSR count). The lowest BCUT2D eigenvalue weighted by Gasteiger charge is -2.25. The van der Waals surface area contributed by atoms with E-state index in [1.165, 1.54) is 23.8 Å². The van der Waals surface area contributed by atoms with Crippen LogP contribution in [-0.4, -0.2) is 36.4 Å². The lowest BCUT2D eigenvalue weighted by molar-refractivity contribution is -0.384. The fraction of sp³-hybridized carbons (Fsp3) is 0.316. The summed E-state index contributed by atoms with van der Waals surface area (Å²) in [6.07, 6.45) is 0.967. The Bertz CT molecular complexity index is 791. The van der Waals surface area contributed by atoms with Crippen LogP contribution < -0.4 is 5.32 Å². The Hall–Kier alpha value is -2.44. The van der Waals surface area contributed by atoms with Crippen molar-refractivity contribution in [1.29, 1.82) is 0 Å². The topological polar surface area (TPSA) is 75.5 Å². The van der Waals surface area contributed by atoms with E-state index in [1.54, 1.807) is 0 Å². The standard InChI is InChI=1S/C19H22ClN3O3/c1-4-13-5-7-14(8-6-13)18(22(2)3)12-21-19(24)16-11-15(23(25)26)9-10-17(16)20/h5-11,18H,4,12H2,1-3H3,(H,21,24). The van der Waals surface area contributed by atoms with Gasteiger partial charge in [-0.2, -0.15) is 0 Å². The van der Waals surface area contributed by atoms with Gasteiger partial charge in [-0.05, 0) is 37.7 Å². The average molecular weight is 376 g/mol. The number of nitro benzene ring substituents is 1. The molecule has 7 heteroatoms. The molecule has 1 unspecified atom stereocenters. The van der Waals surface area contributed by atoms with Gasteiger partial charge in [0.1, 0.15) is 0 Å². The van der Waals surface area contributed by atoms with Crippen LogP contribution in [0.4, 0.5) is 5.69 Å². The average Bonchev–Trinajstić information content (AvgIpc) is 2.62. The van der Waals surface area contributed by atoms with Crippen molar-refractivity contribution in [1.82, 2.24) is 10.2 Å². The first-order chi connectivity index (χ1) is 12.3. The van der Waals surface area contributed by atoms with Gasteiger partial charge in [0.05, 0.1) is 21.6 Å². The number of rotatable bonds is 7. The molecule has 0 aliphatic rings. The summed E-state index contributed by atoms with van der Waals surface area (Å²) in [5.74, 6) is -0.435. The fourth-order valence-electron chi connectivity index (χ4n) is 2.66. The van der Waals surface area contributed by atoms with E-state index in [2.05, 4.69) is 36.5 Å². The second-order valence-electron chi connectivity index (χ2n) is 6.21. The third-order valence-electron chi connectivity index (χ3n) is 4.26. The van der Waals surface area contributed by atoms with Crippen LogP contribution in [0.25, 0.3) is 0 Å². The molecule has 0 aliphatic carbocycles. The van der Waals surface area contributed by atoms with Crippen LogP contribution in [-0.2, 0) is 6.42 Å². The minimum Gasteiger partial charge on any atom is -0.350 e. The smallest absolute Gasteiger partial charge is 0.270 e. The highest BCUT2D eigenvalue weighted by Crippen LogP contribution is 2.23. The zero-order valence-electron chi connectivity index (χ0n) is 15.0. The number of halogens is 1. The normalized spacial score (nSPS) is 12.0. The molecular weight excluding hydrogens is 354 g/mol. The van der Waals surface area contributed by atoms with Crippen molar-refractivity contribution in [2.75, 3.05) is 20.6 Å². The van der Waals surface area contributed by atoms with Crippen molar-refractivity contribution in [2.45, 2.75) is 19.4 Å². The summed E-state index contributed by atoms with van der Waals surface area (Å²) in [6.45, 7) is 2.46. The Morgan fingerprint density at radius 1 is 1.23 bits per heavy atom. The van der Waals surface area contributed by atoms with Gasteiger partial charge in [-0.25, -0.2) is 0 Å². The lowest BCUT2D eigenvalue weighted by atomic mass is 10.0. The summed E-state index contributed by atoms with van der Waals surface area (Å²) < 4.78 is 0. The SMILES string of the molecule is CCc1ccc(C(CNC(=O)c2cc([N+](=O)[O-])ccc2Cl)N(C)C)cc1. The number of nitrogens with one attached hydrogen (secondary N) is 1. The maximum atomic E-state index is 12.5. The van der Waals surface area contributed by atoms with E-state index in [0.29, 0.717) is 6.54 Å². The quantitative estimate of drug-likeness (QED) is 0.589. The fourth-order valence-corrected chi connectivity index (χ4v) is 2.86. The number of likely N-dealkylation sites (N-methyl/N-ethyl adjacent to an activating group) is 1. The molecule has 0 aliphatic heterocycles. The maximum absolute atomic E-state index is 12.5. The van der Waals surface area contributed by atoms with Crippen LogP contribution >= 0.6 is 11.6 Å². The van der Waals surface area contributed by atoms with E-state index in [4.69, 9.17) is 11.6 Å². The molecular formula is C19H22ClN3O3. The molecule has 6 nitrogen and oxygen atoms in total. The zero-order valence-corrected chi connectivity index (χ0v) is 15.8. The summed E-state index contributed by atoms with van der Waals surface area (Å²) in [4.78, 5) is 24.8. The van der Waals surface area contributed by atoms with Gasteiger partial charge in [0.2, 0.25) is 0 Å². The molecule has 1 amide bonds. The van der Waals surface area contributed by atoms with Crippen LogP contribution in [0.3, 0.4) is 0 Å². The van der Waals surface area contributed by atoms with Crippen LogP contribution in [0.2, 0.25) is 5.02 Å². The minimum absolute atomic E-state index is 0.0256. The number of non-ortho nitro benzene ring substituents is 1. The molecule has 138 valence electrons. The van der Waals surface area contributed by atoms with Gasteiger partial charge in [0.15, 0.2) is 0 Å². The highest BCUT2D eigenvalue weighted by molar-refractivity contribution is 6.33. The van der Waals surface area contributed by atoms with Crippen molar-refractivity contribution in [3.8, 4) is 0 Å². The number of hydrogen-bond donors (Lipinski definition) is 1. The largest absolute Gasteiger partial charge is 0.350 e. The van der Waals surface area contributed by atoms with Crippen LogP contribution in [0.15, 0.2) is 42.5 Å². The van der Waals surface area contributed by atoms with E-state index in [1.807, 2.05) is 19.0 Å². The summed E-state index contributed by atoms with van der Waals surface area (Å²) >= 11 is 6.03. The van der Waals surface area contributed by atoms with Gasteiger partial charge < -0.3 is 10.2 Å². The molecule has 0 heterocycles. The summed E-state index contributed by atoms with van der Waals surface area (Å²) in [7, 11) is 3.87. The van der Waals surface area contributed by atoms with Gasteiger partial charge >= 0.3 is 0 Å². The number of nitro groups is 1. The van der Waals surface area contributed by atoms with Crippen LogP contribution in [0, 0.1) is 10.1 Å². The van der Waals surface area contributed by atoms with Crippen molar-refractivity contribution < 1.29 is 9.72 Å². The van der Waals surface area contributed by atoms with Crippen LogP contribution in [0.1, 0.15) is 34.5 Å². The summed E-state index contributed by atoms with van der Waals surface area (Å²) in [5, 5.41) is 13.9. The van der Waals surface area contributed by atoms with E-state index < -0.39 is 10.8 Å². The Morgan fingerprint density at radius 2 is 1.88 bits per heavy atom. The minimum atomic E-state index is -0.551. The number of aryl methyl sites for hydroxylation is 1. The Morgan fingerprint density at radius 3 is 2.42 bits per heavy atom. The lowest BCUT2D eigenvalue weighted by Crippen LogP contribution is -2.34. The van der Waals surface area contributed by atoms with Crippen molar-refractivity contribution in [3.05, 3.63) is 74.3 Å². The van der Waals surface area contributed by atoms with Crippen LogP contribution in [0.5, 0.6) is 0 Å². The first-order valence-corrected chi connectivity index (χ1v) is 8.68. The van der Waals surface area contributed by atoms with Crippen molar-refractivity contribution in [3.63, 3.8) is 0 Å². The summed E-state index contributed by atoms with van der Waals surface area (Å²) in [6, 6.07) is 12.1. The predicted octanol–water partition coefficient (Wildman–Crippen LogP) is 3.84. The second kappa shape index (κ2) is 8.78. The third kappa shape index (κ3) is 4.80. The Balaban J connectivity index is 2.14. The number of benzene rings is 2. The molecule has 0 spiro atoms. The first-order valence-electron chi connectivity index (χ1n) is 8.31. The first kappa shape index (κ1) is 19.9. The molecule has 0 radical (unpaired) electrons. The van der Waals surface area contributed by atoms with E-state index in [0.717, 1.165) is 12.0 Å². The van der Waals surface area contributed by atoms with E-state index >= 15 is 0 Å². The van der Waals surface area contributed by atoms with Gasteiger partial charge in [-0.1, -0.05) is 42.8 Å². The Labute approximate surface area is 157 Å². The number of nitrogens with zero attached hydrogens (tertiary/aromatic N) is 2. The highest BCUT2D eigenvalue weighted by atomic mass is 35.5. The van der Waals surface area contributed by atoms with Crippen molar-refractivity contribution >= 4 is 23.2 Å². The Kier molecular flexibility index (Phi) is 6.71. The van der Waals surface area contributed by atoms with E-state index in [9.17, 15) is 14.9 Å². The number of hydrogen-bond acceptors (Lipinski definition) is 4. The van der Waals surface area contributed by atoms with Gasteiger partial charge in [-0.3, -0.25) is 14.9 Å². The van der Waals surface area contributed by atoms with Crippen molar-refractivity contribution in [2.24, 2.45) is 0 Å². The predicted molar refractivity (Wildman–Crippen MR) is 103 cm³/mol. The number of amides is 1. The molecule has 1 N–H and O–H groups in total. The van der Waals surface area contributed by atoms with Gasteiger partial charge in [0, 0.05) is 18.7 Å². The zero-order chi connectivity index (χ0) is 19.3. The monoisotopic (exact) mass is 375 g/mol. The van der Waals surface area contributed by atoms with E-state index in [-0.39, 0.29) is 22.3 Å². The number of carbonyl (C=O) groups excluding carboxylic acids is 1. The third-order valence-corrected chi connectivity index (χ3v) is 4.59. The molecule has 0 bridgehead atoms. The molecule has 1 atom stereocenters. The van der Waals surface area contributed by atoms with Gasteiger partial charge in [0.25, 0.3) is 11.6 Å².